The van der Waals surface area contributed by atoms with Crippen molar-refractivity contribution >= 4 is 0 Å². The molecule has 1 heterocycles. The van der Waals surface area contributed by atoms with Gasteiger partial charge in [0.25, 0.3) is 0 Å². The first-order chi connectivity index (χ1) is 7.42. The van der Waals surface area contributed by atoms with Crippen LogP contribution in [0.1, 0.15) is 37.8 Å². The van der Waals surface area contributed by atoms with Crippen molar-refractivity contribution in [3.05, 3.63) is 41.7 Å². The third-order valence-corrected chi connectivity index (χ3v) is 2.87. The Kier molecular flexibility index (Phi) is 3.51. The van der Waals surface area contributed by atoms with Crippen LogP contribution in [-0.4, -0.2) is 11.5 Å². The number of aromatic nitrogens is 1. The second-order valence-electron chi connectivity index (χ2n) is 3.95. The maximum atomic E-state index is 4.19. The number of pyridine rings is 1. The van der Waals surface area contributed by atoms with Gasteiger partial charge in [-0.2, -0.15) is 0 Å². The Labute approximate surface area is 91.4 Å². The summed E-state index contributed by atoms with van der Waals surface area (Å²) in [4.78, 5) is 4.19. The van der Waals surface area contributed by atoms with Crippen molar-refractivity contribution in [2.45, 2.75) is 32.2 Å². The van der Waals surface area contributed by atoms with Crippen LogP contribution in [0.4, 0.5) is 0 Å². The molecule has 1 aliphatic rings. The molecule has 0 aliphatic heterocycles. The molecule has 0 bridgehead atoms. The highest BCUT2D eigenvalue weighted by atomic mass is 14.9. The summed E-state index contributed by atoms with van der Waals surface area (Å²) in [6.45, 7) is 3.15. The van der Waals surface area contributed by atoms with E-state index < -0.39 is 0 Å². The minimum absolute atomic E-state index is 0.381. The summed E-state index contributed by atoms with van der Waals surface area (Å²) >= 11 is 0. The van der Waals surface area contributed by atoms with Crippen LogP contribution >= 0.6 is 0 Å². The lowest BCUT2D eigenvalue weighted by Crippen LogP contribution is -2.22. The van der Waals surface area contributed by atoms with Crippen molar-refractivity contribution in [2.75, 3.05) is 6.54 Å². The number of hydrogen-bond acceptors (Lipinski definition) is 2. The van der Waals surface area contributed by atoms with E-state index >= 15 is 0 Å². The van der Waals surface area contributed by atoms with Gasteiger partial charge >= 0.3 is 0 Å². The predicted molar refractivity (Wildman–Crippen MR) is 62.6 cm³/mol. The number of nitrogens with one attached hydrogen (secondary N) is 1. The molecule has 1 aliphatic carbocycles. The summed E-state index contributed by atoms with van der Waals surface area (Å²) in [7, 11) is 0. The van der Waals surface area contributed by atoms with E-state index in [1.807, 2.05) is 18.5 Å². The highest BCUT2D eigenvalue weighted by molar-refractivity contribution is 5.27. The zero-order valence-electron chi connectivity index (χ0n) is 9.24. The minimum atomic E-state index is 0.381. The molecule has 15 heavy (non-hydrogen) atoms. The third-order valence-electron chi connectivity index (χ3n) is 2.87. The first-order valence-electron chi connectivity index (χ1n) is 5.74. The molecular formula is C13H18N2. The molecule has 2 rings (SSSR count). The average Bonchev–Trinajstić information content (AvgIpc) is 2.80. The van der Waals surface area contributed by atoms with Crippen molar-refractivity contribution in [1.29, 1.82) is 0 Å². The van der Waals surface area contributed by atoms with Gasteiger partial charge in [-0.25, -0.2) is 0 Å². The van der Waals surface area contributed by atoms with Gasteiger partial charge in [0.2, 0.25) is 0 Å². The van der Waals surface area contributed by atoms with Crippen molar-refractivity contribution in [2.24, 2.45) is 0 Å². The van der Waals surface area contributed by atoms with E-state index in [0.717, 1.165) is 6.54 Å². The third kappa shape index (κ3) is 2.45. The van der Waals surface area contributed by atoms with E-state index in [4.69, 9.17) is 0 Å². The molecular weight excluding hydrogens is 184 g/mol. The Hall–Kier alpha value is -1.15. The Bertz CT molecular complexity index is 330. The van der Waals surface area contributed by atoms with Crippen LogP contribution < -0.4 is 5.32 Å². The van der Waals surface area contributed by atoms with Crippen LogP contribution in [0.25, 0.3) is 0 Å². The van der Waals surface area contributed by atoms with E-state index in [1.165, 1.54) is 30.4 Å². The highest BCUT2D eigenvalue weighted by Crippen LogP contribution is 2.29. The van der Waals surface area contributed by atoms with Crippen molar-refractivity contribution in [3.8, 4) is 0 Å². The molecule has 0 spiro atoms. The van der Waals surface area contributed by atoms with Crippen molar-refractivity contribution < 1.29 is 0 Å². The Morgan fingerprint density at radius 3 is 3.07 bits per heavy atom. The maximum Gasteiger partial charge on any atom is 0.0551 e. The standard InChI is InChI=1S/C13H18N2/c1-2-15-13(11-6-3-4-7-11)12-8-5-9-14-10-12/h5-6,8-10,13,15H,2-4,7H2,1H3. The lowest BCUT2D eigenvalue weighted by Gasteiger charge is -2.19. The lowest BCUT2D eigenvalue weighted by molar-refractivity contribution is 0.603. The fraction of sp³-hybridized carbons (Fsp3) is 0.462. The van der Waals surface area contributed by atoms with Gasteiger partial charge in [0, 0.05) is 12.4 Å². The van der Waals surface area contributed by atoms with E-state index in [1.54, 1.807) is 0 Å². The van der Waals surface area contributed by atoms with Gasteiger partial charge in [0.15, 0.2) is 0 Å². The van der Waals surface area contributed by atoms with Gasteiger partial charge in [-0.15, -0.1) is 0 Å². The Morgan fingerprint density at radius 1 is 1.53 bits per heavy atom. The van der Waals surface area contributed by atoms with Gasteiger partial charge in [-0.1, -0.05) is 24.6 Å². The zero-order valence-corrected chi connectivity index (χ0v) is 9.24. The molecule has 0 saturated heterocycles. The summed E-state index contributed by atoms with van der Waals surface area (Å²) in [5.74, 6) is 0. The van der Waals surface area contributed by atoms with E-state index in [9.17, 15) is 0 Å². The molecule has 1 N–H and O–H groups in total. The normalized spacial score (nSPS) is 17.5. The Balaban J connectivity index is 2.19. The van der Waals surface area contributed by atoms with E-state index in [2.05, 4.69) is 29.4 Å². The first-order valence-corrected chi connectivity index (χ1v) is 5.74. The largest absolute Gasteiger partial charge is 0.307 e. The minimum Gasteiger partial charge on any atom is -0.307 e. The molecule has 80 valence electrons. The molecule has 1 aromatic heterocycles. The zero-order chi connectivity index (χ0) is 10.5. The quantitative estimate of drug-likeness (QED) is 0.759. The fourth-order valence-corrected chi connectivity index (χ4v) is 2.17. The molecule has 0 amide bonds. The van der Waals surface area contributed by atoms with Crippen LogP contribution in [0.15, 0.2) is 36.2 Å². The molecule has 1 unspecified atom stereocenters. The smallest absolute Gasteiger partial charge is 0.0551 e. The summed E-state index contributed by atoms with van der Waals surface area (Å²) in [6.07, 6.45) is 9.93. The number of hydrogen-bond donors (Lipinski definition) is 1. The van der Waals surface area contributed by atoms with Crippen LogP contribution in [-0.2, 0) is 0 Å². The maximum absolute atomic E-state index is 4.19. The summed E-state index contributed by atoms with van der Waals surface area (Å²) in [6, 6.07) is 4.54. The van der Waals surface area contributed by atoms with Crippen LogP contribution in [0.2, 0.25) is 0 Å². The van der Waals surface area contributed by atoms with Gasteiger partial charge < -0.3 is 5.32 Å². The second kappa shape index (κ2) is 5.08. The molecule has 2 nitrogen and oxygen atoms in total. The molecule has 2 heteroatoms. The van der Waals surface area contributed by atoms with Gasteiger partial charge in [-0.05, 0) is 37.4 Å². The summed E-state index contributed by atoms with van der Waals surface area (Å²) < 4.78 is 0. The SMILES string of the molecule is CCNC(C1=CCCC1)c1cccnc1. The predicted octanol–water partition coefficient (Wildman–Crippen LogP) is 2.84. The van der Waals surface area contributed by atoms with Crippen LogP contribution in [0, 0.1) is 0 Å². The van der Waals surface area contributed by atoms with Crippen LogP contribution in [0.3, 0.4) is 0 Å². The van der Waals surface area contributed by atoms with Crippen molar-refractivity contribution in [3.63, 3.8) is 0 Å². The van der Waals surface area contributed by atoms with Gasteiger partial charge in [-0.3, -0.25) is 4.98 Å². The molecule has 0 radical (unpaired) electrons. The molecule has 1 atom stereocenters. The van der Waals surface area contributed by atoms with Gasteiger partial charge in [0.05, 0.1) is 6.04 Å². The van der Waals surface area contributed by atoms with E-state index in [-0.39, 0.29) is 0 Å². The lowest BCUT2D eigenvalue weighted by atomic mass is 10.00. The molecule has 0 fully saturated rings. The average molecular weight is 202 g/mol. The number of nitrogens with zero attached hydrogens (tertiary/aromatic N) is 1. The Morgan fingerprint density at radius 2 is 2.47 bits per heavy atom. The monoisotopic (exact) mass is 202 g/mol. The number of rotatable bonds is 4. The summed E-state index contributed by atoms with van der Waals surface area (Å²) in [5.41, 5.74) is 2.82. The van der Waals surface area contributed by atoms with Gasteiger partial charge in [0.1, 0.15) is 0 Å². The van der Waals surface area contributed by atoms with Crippen molar-refractivity contribution in [1.82, 2.24) is 10.3 Å². The fourth-order valence-electron chi connectivity index (χ4n) is 2.17. The molecule has 0 saturated carbocycles. The number of allylic oxidation sites excluding steroid dienone is 1. The second-order valence-corrected chi connectivity index (χ2v) is 3.95. The molecule has 0 aromatic carbocycles. The first kappa shape index (κ1) is 10.4. The highest BCUT2D eigenvalue weighted by Gasteiger charge is 2.17. The number of likely N-dealkylation sites (N-methyl/N-ethyl adjacent to an activating group) is 1. The van der Waals surface area contributed by atoms with E-state index in [0.29, 0.717) is 6.04 Å². The summed E-state index contributed by atoms with van der Waals surface area (Å²) in [5, 5.41) is 3.53. The molecule has 1 aromatic rings. The van der Waals surface area contributed by atoms with Crippen LogP contribution in [0.5, 0.6) is 0 Å². The topological polar surface area (TPSA) is 24.9 Å².